The molecule has 6 rings (SSSR count). The van der Waals surface area contributed by atoms with Crippen LogP contribution in [0.2, 0.25) is 10.0 Å². The van der Waals surface area contributed by atoms with Crippen molar-refractivity contribution in [1.82, 2.24) is 4.90 Å². The number of hydrogen-bond donors (Lipinski definition) is 3. The second-order valence-electron chi connectivity index (χ2n) is 13.3. The molecule has 8 heteroatoms. The number of aliphatic hydroxyl groups is 1. The lowest BCUT2D eigenvalue weighted by Gasteiger charge is -2.43. The van der Waals surface area contributed by atoms with Gasteiger partial charge in [-0.2, -0.15) is 0 Å². The molecule has 6 nitrogen and oxygen atoms in total. The van der Waals surface area contributed by atoms with E-state index in [-0.39, 0.29) is 11.3 Å². The molecule has 1 spiro atoms. The third kappa shape index (κ3) is 5.44. The average molecular weight is 644 g/mol. The Hall–Kier alpha value is -3.68. The molecule has 0 radical (unpaired) electrons. The lowest BCUT2D eigenvalue weighted by molar-refractivity contribution is -0.145. The van der Waals surface area contributed by atoms with Crippen molar-refractivity contribution >= 4 is 40.8 Å². The number of aliphatic hydroxyl groups excluding tert-OH is 1. The van der Waals surface area contributed by atoms with Gasteiger partial charge in [0, 0.05) is 27.7 Å². The quantitative estimate of drug-likeness (QED) is 0.190. The van der Waals surface area contributed by atoms with Gasteiger partial charge >= 0.3 is 5.97 Å². The van der Waals surface area contributed by atoms with Crippen LogP contribution < -0.4 is 5.32 Å². The van der Waals surface area contributed by atoms with E-state index in [1.165, 1.54) is 0 Å². The molecule has 2 heterocycles. The Balaban J connectivity index is 1.71. The van der Waals surface area contributed by atoms with Crippen molar-refractivity contribution in [1.29, 1.82) is 0 Å². The molecule has 0 aliphatic carbocycles. The fraction of sp³-hybridized carbons (Fsp3) is 0.297. The molecule has 232 valence electrons. The van der Waals surface area contributed by atoms with E-state index in [4.69, 9.17) is 23.2 Å². The van der Waals surface area contributed by atoms with Gasteiger partial charge in [0.15, 0.2) is 0 Å². The SMILES string of the molecule is CC(C)(C)C[C@H]1N([C@H](c2ccccc2)[C@@H](O)c2ccccc2)[C@@H](C(=O)O)[C@H](c2cccc(Cl)c2)[C@@]12C(=O)Nc1cc(Cl)ccc12. The lowest BCUT2D eigenvalue weighted by atomic mass is 9.62. The third-order valence-electron chi connectivity index (χ3n) is 9.23. The minimum Gasteiger partial charge on any atom is -0.480 e. The molecule has 1 amide bonds. The number of carbonyl (C=O) groups is 2. The van der Waals surface area contributed by atoms with Crippen molar-refractivity contribution in [2.45, 2.75) is 62.8 Å². The zero-order valence-corrected chi connectivity index (χ0v) is 26.8. The zero-order valence-electron chi connectivity index (χ0n) is 25.3. The molecule has 0 unspecified atom stereocenters. The van der Waals surface area contributed by atoms with Gasteiger partial charge in [0.2, 0.25) is 5.91 Å². The first-order valence-electron chi connectivity index (χ1n) is 15.1. The summed E-state index contributed by atoms with van der Waals surface area (Å²) in [6.45, 7) is 6.26. The molecular weight excluding hydrogens is 607 g/mol. The van der Waals surface area contributed by atoms with E-state index in [1.54, 1.807) is 30.3 Å². The highest BCUT2D eigenvalue weighted by Gasteiger charge is 2.70. The minimum absolute atomic E-state index is 0.297. The Morgan fingerprint density at radius 2 is 1.51 bits per heavy atom. The van der Waals surface area contributed by atoms with Crippen LogP contribution in [0, 0.1) is 5.41 Å². The Kier molecular flexibility index (Phi) is 8.29. The van der Waals surface area contributed by atoms with Crippen LogP contribution >= 0.6 is 23.2 Å². The van der Waals surface area contributed by atoms with Crippen molar-refractivity contribution in [3.63, 3.8) is 0 Å². The van der Waals surface area contributed by atoms with Gasteiger partial charge in [-0.25, -0.2) is 0 Å². The van der Waals surface area contributed by atoms with Crippen molar-refractivity contribution in [2.24, 2.45) is 5.41 Å². The first-order chi connectivity index (χ1) is 21.4. The first-order valence-corrected chi connectivity index (χ1v) is 15.8. The molecule has 0 aromatic heterocycles. The third-order valence-corrected chi connectivity index (χ3v) is 9.70. The van der Waals surface area contributed by atoms with E-state index in [2.05, 4.69) is 26.1 Å². The lowest BCUT2D eigenvalue weighted by Crippen LogP contribution is -2.52. The summed E-state index contributed by atoms with van der Waals surface area (Å²) in [5.74, 6) is -2.25. The molecule has 1 fully saturated rings. The maximum Gasteiger partial charge on any atom is 0.321 e. The number of aliphatic carboxylic acids is 1. The van der Waals surface area contributed by atoms with Gasteiger partial charge in [-0.05, 0) is 58.4 Å². The number of carboxylic acids is 1. The van der Waals surface area contributed by atoms with Crippen LogP contribution in [0.4, 0.5) is 5.69 Å². The molecule has 1 saturated heterocycles. The zero-order chi connectivity index (χ0) is 32.1. The van der Waals surface area contributed by atoms with E-state index >= 15 is 0 Å². The van der Waals surface area contributed by atoms with E-state index in [9.17, 15) is 19.8 Å². The predicted molar refractivity (Wildman–Crippen MR) is 178 cm³/mol. The molecule has 4 aromatic rings. The monoisotopic (exact) mass is 642 g/mol. The molecule has 0 bridgehead atoms. The molecular formula is C37H36Cl2N2O4. The van der Waals surface area contributed by atoms with Crippen molar-refractivity contribution in [3.8, 4) is 0 Å². The second-order valence-corrected chi connectivity index (χ2v) is 14.1. The maximum absolute atomic E-state index is 14.8. The Morgan fingerprint density at radius 1 is 0.889 bits per heavy atom. The summed E-state index contributed by atoms with van der Waals surface area (Å²) in [5.41, 5.74) is 1.58. The smallest absolute Gasteiger partial charge is 0.321 e. The number of carboxylic acid groups (broad SMARTS) is 1. The predicted octanol–water partition coefficient (Wildman–Crippen LogP) is 8.02. The highest BCUT2D eigenvalue weighted by Crippen LogP contribution is 2.62. The van der Waals surface area contributed by atoms with Gasteiger partial charge in [0.25, 0.3) is 0 Å². The summed E-state index contributed by atoms with van der Waals surface area (Å²) < 4.78 is 0. The number of carbonyl (C=O) groups excluding carboxylic acids is 1. The number of anilines is 1. The normalized spacial score (nSPS) is 24.3. The fourth-order valence-electron chi connectivity index (χ4n) is 7.65. The molecule has 4 aromatic carbocycles. The van der Waals surface area contributed by atoms with Crippen LogP contribution in [0.3, 0.4) is 0 Å². The Labute approximate surface area is 273 Å². The number of benzene rings is 4. The number of nitrogens with one attached hydrogen (secondary N) is 1. The molecule has 0 saturated carbocycles. The number of fused-ring (bicyclic) bond motifs is 2. The number of hydrogen-bond acceptors (Lipinski definition) is 4. The summed E-state index contributed by atoms with van der Waals surface area (Å²) in [6.07, 6.45) is -0.656. The van der Waals surface area contributed by atoms with Gasteiger partial charge in [0.1, 0.15) is 11.5 Å². The molecule has 45 heavy (non-hydrogen) atoms. The summed E-state index contributed by atoms with van der Waals surface area (Å²) >= 11 is 13.0. The van der Waals surface area contributed by atoms with Crippen molar-refractivity contribution < 1.29 is 19.8 Å². The molecule has 2 aliphatic heterocycles. The number of likely N-dealkylation sites (tertiary alicyclic amines) is 1. The van der Waals surface area contributed by atoms with Crippen molar-refractivity contribution in [2.75, 3.05) is 5.32 Å². The van der Waals surface area contributed by atoms with Crippen LogP contribution in [0.25, 0.3) is 0 Å². The topological polar surface area (TPSA) is 89.9 Å². The highest BCUT2D eigenvalue weighted by molar-refractivity contribution is 6.31. The molecule has 6 atom stereocenters. The summed E-state index contributed by atoms with van der Waals surface area (Å²) in [4.78, 5) is 30.5. The van der Waals surface area contributed by atoms with E-state index < -0.39 is 41.5 Å². The van der Waals surface area contributed by atoms with Crippen LogP contribution in [0.15, 0.2) is 103 Å². The Morgan fingerprint density at radius 3 is 2.11 bits per heavy atom. The summed E-state index contributed by atoms with van der Waals surface area (Å²) in [7, 11) is 0. The van der Waals surface area contributed by atoms with Crippen molar-refractivity contribution in [3.05, 3.63) is 135 Å². The van der Waals surface area contributed by atoms with E-state index in [0.29, 0.717) is 38.8 Å². The Bertz CT molecular complexity index is 1730. The van der Waals surface area contributed by atoms with Gasteiger partial charge in [-0.3, -0.25) is 14.5 Å². The largest absolute Gasteiger partial charge is 0.480 e. The minimum atomic E-state index is -1.36. The summed E-state index contributed by atoms with van der Waals surface area (Å²) in [5, 5.41) is 27.5. The standard InChI is InChI=1S/C37H36Cl2N2O4/c1-36(2,3)21-29-37(27-18-17-26(39)20-28(27)40-35(37)45)30(24-15-10-16-25(38)19-24)32(34(43)44)41(29)31(22-11-6-4-7-12-22)33(42)23-13-8-5-9-14-23/h4-20,29-33,42H,21H2,1-3H3,(H,40,45)(H,43,44)/t29-,30+,31-,32-,33+,37+/m1/s1. The van der Waals surface area contributed by atoms with Gasteiger partial charge in [-0.15, -0.1) is 0 Å². The fourth-order valence-corrected chi connectivity index (χ4v) is 8.03. The second kappa shape index (κ2) is 11.9. The van der Waals surface area contributed by atoms with Crippen LogP contribution in [0.5, 0.6) is 0 Å². The number of nitrogens with zero attached hydrogens (tertiary/aromatic N) is 1. The maximum atomic E-state index is 14.8. The van der Waals surface area contributed by atoms with Gasteiger partial charge in [0.05, 0.1) is 12.1 Å². The molecule has 2 aliphatic rings. The van der Waals surface area contributed by atoms with Gasteiger partial charge < -0.3 is 15.5 Å². The summed E-state index contributed by atoms with van der Waals surface area (Å²) in [6, 6.07) is 28.5. The number of amides is 1. The van der Waals surface area contributed by atoms with Gasteiger partial charge in [-0.1, -0.05) is 123 Å². The van der Waals surface area contributed by atoms with Crippen LogP contribution in [0.1, 0.15) is 67.5 Å². The van der Waals surface area contributed by atoms with E-state index in [0.717, 1.165) is 5.56 Å². The molecule has 3 N–H and O–H groups in total. The highest BCUT2D eigenvalue weighted by atomic mass is 35.5. The van der Waals surface area contributed by atoms with Crippen LogP contribution in [-0.4, -0.2) is 39.1 Å². The van der Waals surface area contributed by atoms with Crippen LogP contribution in [-0.2, 0) is 15.0 Å². The number of rotatable bonds is 7. The average Bonchev–Trinajstić information content (AvgIpc) is 3.44. The number of halogens is 2. The first kappa shape index (κ1) is 31.3. The van der Waals surface area contributed by atoms with E-state index in [1.807, 2.05) is 77.7 Å².